The third kappa shape index (κ3) is 1.48. The Bertz CT molecular complexity index is 400. The quantitative estimate of drug-likeness (QED) is 0.667. The predicted molar refractivity (Wildman–Crippen MR) is 56.7 cm³/mol. The summed E-state index contributed by atoms with van der Waals surface area (Å²) in [6.07, 6.45) is 7.40. The molecule has 3 aliphatic heterocycles. The normalized spacial score (nSPS) is 35.9. The molecule has 5 heteroatoms. The number of hydrogen-bond acceptors (Lipinski definition) is 4. The van der Waals surface area contributed by atoms with Crippen molar-refractivity contribution in [3.8, 4) is 0 Å². The first kappa shape index (κ1) is 9.45. The summed E-state index contributed by atoms with van der Waals surface area (Å²) >= 11 is 0. The maximum Gasteiger partial charge on any atom is 0.414 e. The molecule has 1 fully saturated rings. The molecule has 0 bridgehead atoms. The highest BCUT2D eigenvalue weighted by molar-refractivity contribution is 5.74. The van der Waals surface area contributed by atoms with Crippen LogP contribution >= 0.6 is 0 Å². The highest BCUT2D eigenvalue weighted by Crippen LogP contribution is 2.35. The molecular weight excluding hydrogens is 208 g/mol. The minimum Gasteiger partial charge on any atom is -0.498 e. The van der Waals surface area contributed by atoms with Crippen LogP contribution in [0.5, 0.6) is 0 Å². The molecule has 3 aliphatic rings. The van der Waals surface area contributed by atoms with Gasteiger partial charge in [-0.15, -0.1) is 0 Å². The second kappa shape index (κ2) is 3.66. The van der Waals surface area contributed by atoms with Gasteiger partial charge in [0.1, 0.15) is 18.2 Å². The van der Waals surface area contributed by atoms with Crippen molar-refractivity contribution in [2.75, 3.05) is 6.61 Å². The van der Waals surface area contributed by atoms with Crippen molar-refractivity contribution in [3.05, 3.63) is 24.2 Å². The second-order valence-electron chi connectivity index (χ2n) is 4.03. The maximum absolute atomic E-state index is 11.5. The molecular formula is C11H12N2O3. The number of nitrogens with one attached hydrogen (secondary N) is 1. The van der Waals surface area contributed by atoms with E-state index < -0.39 is 6.09 Å². The van der Waals surface area contributed by atoms with E-state index in [1.807, 2.05) is 6.08 Å². The van der Waals surface area contributed by atoms with Gasteiger partial charge in [0.2, 0.25) is 0 Å². The first-order chi connectivity index (χ1) is 7.84. The molecule has 1 amide bonds. The van der Waals surface area contributed by atoms with E-state index in [1.165, 1.54) is 0 Å². The average Bonchev–Trinajstić information content (AvgIpc) is 2.44. The number of aliphatic imine (C=N–C) groups is 1. The molecule has 3 atom stereocenters. The summed E-state index contributed by atoms with van der Waals surface area (Å²) in [6.45, 7) is 0.659. The van der Waals surface area contributed by atoms with Crippen LogP contribution in [-0.2, 0) is 9.47 Å². The SMILES string of the molecule is O=C1NC2N=CC=CC2C2CCOC=C2O1. The molecule has 0 aromatic heterocycles. The number of ether oxygens (including phenoxy) is 2. The number of hydrogen-bond donors (Lipinski definition) is 1. The number of alkyl carbamates (subject to hydrolysis) is 1. The zero-order valence-electron chi connectivity index (χ0n) is 8.63. The zero-order chi connectivity index (χ0) is 11.0. The lowest BCUT2D eigenvalue weighted by atomic mass is 9.84. The smallest absolute Gasteiger partial charge is 0.414 e. The highest BCUT2D eigenvalue weighted by atomic mass is 16.6. The van der Waals surface area contributed by atoms with Gasteiger partial charge in [-0.1, -0.05) is 6.08 Å². The molecule has 0 aromatic rings. The highest BCUT2D eigenvalue weighted by Gasteiger charge is 2.38. The number of dihydropyridines is 1. The van der Waals surface area contributed by atoms with E-state index in [2.05, 4.69) is 16.4 Å². The molecule has 0 aliphatic carbocycles. The van der Waals surface area contributed by atoms with E-state index in [4.69, 9.17) is 9.47 Å². The molecule has 1 saturated heterocycles. The van der Waals surface area contributed by atoms with Crippen LogP contribution in [-0.4, -0.2) is 25.1 Å². The van der Waals surface area contributed by atoms with Gasteiger partial charge in [-0.3, -0.25) is 10.3 Å². The standard InChI is InChI=1S/C11H12N2O3/c14-11-13-10-8(2-1-4-12-10)7-3-5-15-6-9(7)16-11/h1-2,4,6-8,10H,3,5H2,(H,13,14). The fourth-order valence-corrected chi connectivity index (χ4v) is 2.32. The summed E-state index contributed by atoms with van der Waals surface area (Å²) in [6, 6.07) is 0. The molecule has 1 N–H and O–H groups in total. The minimum atomic E-state index is -0.457. The Balaban J connectivity index is 1.97. The third-order valence-corrected chi connectivity index (χ3v) is 3.08. The summed E-state index contributed by atoms with van der Waals surface area (Å²) in [5, 5.41) is 2.73. The van der Waals surface area contributed by atoms with E-state index in [9.17, 15) is 4.79 Å². The number of amides is 1. The molecule has 0 saturated carbocycles. The monoisotopic (exact) mass is 220 g/mol. The van der Waals surface area contributed by atoms with Gasteiger partial charge >= 0.3 is 6.09 Å². The Morgan fingerprint density at radius 3 is 3.38 bits per heavy atom. The van der Waals surface area contributed by atoms with Crippen LogP contribution in [0.1, 0.15) is 6.42 Å². The van der Waals surface area contributed by atoms with Gasteiger partial charge in [-0.25, -0.2) is 4.79 Å². The topological polar surface area (TPSA) is 59.9 Å². The van der Waals surface area contributed by atoms with Gasteiger partial charge in [0.15, 0.2) is 0 Å². The van der Waals surface area contributed by atoms with Gasteiger partial charge in [0.25, 0.3) is 0 Å². The number of nitrogens with zero attached hydrogens (tertiary/aromatic N) is 1. The molecule has 3 rings (SSSR count). The lowest BCUT2D eigenvalue weighted by Gasteiger charge is -2.29. The predicted octanol–water partition coefficient (Wildman–Crippen LogP) is 1.19. The van der Waals surface area contributed by atoms with Gasteiger partial charge in [-0.2, -0.15) is 0 Å². The van der Waals surface area contributed by atoms with Crippen LogP contribution in [0.25, 0.3) is 0 Å². The van der Waals surface area contributed by atoms with Gasteiger partial charge in [0.05, 0.1) is 6.61 Å². The van der Waals surface area contributed by atoms with E-state index in [-0.39, 0.29) is 18.0 Å². The third-order valence-electron chi connectivity index (χ3n) is 3.08. The van der Waals surface area contributed by atoms with Crippen LogP contribution in [0.15, 0.2) is 29.2 Å². The van der Waals surface area contributed by atoms with E-state index in [1.54, 1.807) is 12.5 Å². The summed E-state index contributed by atoms with van der Waals surface area (Å²) in [4.78, 5) is 15.7. The molecule has 3 heterocycles. The molecule has 0 spiro atoms. The van der Waals surface area contributed by atoms with Gasteiger partial charge < -0.3 is 9.47 Å². The van der Waals surface area contributed by atoms with E-state index in [0.29, 0.717) is 12.4 Å². The first-order valence-electron chi connectivity index (χ1n) is 5.34. The van der Waals surface area contributed by atoms with E-state index >= 15 is 0 Å². The zero-order valence-corrected chi connectivity index (χ0v) is 8.63. The Labute approximate surface area is 92.8 Å². The number of allylic oxidation sites excluding steroid dienone is 2. The number of carbonyl (C=O) groups excluding carboxylic acids is 1. The lowest BCUT2D eigenvalue weighted by Crippen LogP contribution is -2.39. The van der Waals surface area contributed by atoms with Crippen LogP contribution < -0.4 is 5.32 Å². The van der Waals surface area contributed by atoms with Crippen molar-refractivity contribution in [1.29, 1.82) is 0 Å². The number of fused-ring (bicyclic) bond motifs is 3. The molecule has 84 valence electrons. The lowest BCUT2D eigenvalue weighted by molar-refractivity contribution is 0.124. The molecule has 3 unspecified atom stereocenters. The number of carbonyl (C=O) groups is 1. The van der Waals surface area contributed by atoms with Crippen molar-refractivity contribution >= 4 is 12.3 Å². The first-order valence-corrected chi connectivity index (χ1v) is 5.34. The van der Waals surface area contributed by atoms with Crippen molar-refractivity contribution in [2.24, 2.45) is 16.8 Å². The molecule has 16 heavy (non-hydrogen) atoms. The molecule has 5 nitrogen and oxygen atoms in total. The Hall–Kier alpha value is -1.78. The fourth-order valence-electron chi connectivity index (χ4n) is 2.32. The van der Waals surface area contributed by atoms with Crippen LogP contribution in [0.4, 0.5) is 4.79 Å². The Morgan fingerprint density at radius 2 is 2.44 bits per heavy atom. The molecule has 0 aromatic carbocycles. The maximum atomic E-state index is 11.5. The van der Waals surface area contributed by atoms with Crippen molar-refractivity contribution in [2.45, 2.75) is 12.6 Å². The van der Waals surface area contributed by atoms with Crippen LogP contribution in [0.3, 0.4) is 0 Å². The van der Waals surface area contributed by atoms with Crippen LogP contribution in [0, 0.1) is 11.8 Å². The Kier molecular flexibility index (Phi) is 2.16. The average molecular weight is 220 g/mol. The van der Waals surface area contributed by atoms with Crippen molar-refractivity contribution in [3.63, 3.8) is 0 Å². The number of rotatable bonds is 0. The summed E-state index contributed by atoms with van der Waals surface area (Å²) in [5.41, 5.74) is 0. The minimum absolute atomic E-state index is 0.159. The second-order valence-corrected chi connectivity index (χ2v) is 4.03. The largest absolute Gasteiger partial charge is 0.498 e. The van der Waals surface area contributed by atoms with Crippen molar-refractivity contribution in [1.82, 2.24) is 5.32 Å². The van der Waals surface area contributed by atoms with Crippen molar-refractivity contribution < 1.29 is 14.3 Å². The summed E-state index contributed by atoms with van der Waals surface area (Å²) < 4.78 is 10.4. The fraction of sp³-hybridized carbons (Fsp3) is 0.455. The van der Waals surface area contributed by atoms with E-state index in [0.717, 1.165) is 6.42 Å². The Morgan fingerprint density at radius 1 is 1.50 bits per heavy atom. The summed E-state index contributed by atoms with van der Waals surface area (Å²) in [7, 11) is 0. The molecule has 0 radical (unpaired) electrons. The summed E-state index contributed by atoms with van der Waals surface area (Å²) in [5.74, 6) is 0.941. The van der Waals surface area contributed by atoms with Crippen LogP contribution in [0.2, 0.25) is 0 Å². The van der Waals surface area contributed by atoms with Gasteiger partial charge in [0, 0.05) is 18.1 Å². The van der Waals surface area contributed by atoms with Gasteiger partial charge in [-0.05, 0) is 12.5 Å².